The molecule has 4 heteroatoms. The van der Waals surface area contributed by atoms with E-state index in [1.807, 2.05) is 37.4 Å². The van der Waals surface area contributed by atoms with E-state index in [1.165, 1.54) is 44.6 Å². The van der Waals surface area contributed by atoms with Crippen LogP contribution in [0, 0.1) is 17.8 Å². The van der Waals surface area contributed by atoms with Gasteiger partial charge in [0, 0.05) is 23.4 Å². The van der Waals surface area contributed by atoms with Crippen LogP contribution in [0.15, 0.2) is 42.6 Å². The van der Waals surface area contributed by atoms with E-state index in [0.29, 0.717) is 23.4 Å². The lowest BCUT2D eigenvalue weighted by molar-refractivity contribution is -0.131. The molecule has 1 aromatic carbocycles. The van der Waals surface area contributed by atoms with Gasteiger partial charge in [-0.2, -0.15) is 0 Å². The molecule has 6 rings (SSSR count). The van der Waals surface area contributed by atoms with Crippen molar-refractivity contribution in [2.75, 3.05) is 0 Å². The van der Waals surface area contributed by atoms with Gasteiger partial charge in [0.2, 0.25) is 0 Å². The van der Waals surface area contributed by atoms with Crippen molar-refractivity contribution in [1.82, 2.24) is 4.98 Å². The summed E-state index contributed by atoms with van der Waals surface area (Å²) in [4.78, 5) is 15.6. The third-order valence-electron chi connectivity index (χ3n) is 7.71. The molecule has 1 heterocycles. The number of hydrogen-bond acceptors (Lipinski definition) is 3. The average Bonchev–Trinajstić information content (AvgIpc) is 2.71. The molecule has 4 fully saturated rings. The number of phenolic OH excluding ortho intramolecular Hbond substituents is 1. The monoisotopic (exact) mass is 403 g/mol. The van der Waals surface area contributed by atoms with E-state index in [0.717, 1.165) is 34.4 Å². The van der Waals surface area contributed by atoms with Gasteiger partial charge in [-0.15, -0.1) is 0 Å². The van der Waals surface area contributed by atoms with Gasteiger partial charge in [0.25, 0.3) is 0 Å². The summed E-state index contributed by atoms with van der Waals surface area (Å²) >= 11 is 0. The van der Waals surface area contributed by atoms with Crippen molar-refractivity contribution in [3.63, 3.8) is 0 Å². The van der Waals surface area contributed by atoms with Crippen molar-refractivity contribution >= 4 is 11.5 Å². The van der Waals surface area contributed by atoms with Gasteiger partial charge in [0.05, 0.1) is 5.69 Å². The summed E-state index contributed by atoms with van der Waals surface area (Å²) in [5, 5.41) is 19.9. The van der Waals surface area contributed by atoms with Crippen molar-refractivity contribution in [2.24, 2.45) is 17.8 Å². The summed E-state index contributed by atoms with van der Waals surface area (Å²) in [6.07, 6.45) is 11.5. The predicted molar refractivity (Wildman–Crippen MR) is 117 cm³/mol. The van der Waals surface area contributed by atoms with Crippen LogP contribution in [0.3, 0.4) is 0 Å². The molecule has 0 radical (unpaired) electrons. The zero-order valence-corrected chi connectivity index (χ0v) is 17.5. The van der Waals surface area contributed by atoms with Crippen molar-refractivity contribution in [1.29, 1.82) is 0 Å². The Bertz CT molecular complexity index is 970. The van der Waals surface area contributed by atoms with Crippen LogP contribution in [-0.4, -0.2) is 21.2 Å². The van der Waals surface area contributed by atoms with Crippen LogP contribution in [0.2, 0.25) is 0 Å². The Kier molecular flexibility index (Phi) is 4.68. The molecule has 2 aromatic rings. The van der Waals surface area contributed by atoms with Gasteiger partial charge in [0.15, 0.2) is 0 Å². The molecule has 0 unspecified atom stereocenters. The number of benzene rings is 1. The van der Waals surface area contributed by atoms with E-state index < -0.39 is 5.97 Å². The second kappa shape index (κ2) is 7.26. The molecular weight excluding hydrogens is 374 g/mol. The largest absolute Gasteiger partial charge is 0.508 e. The van der Waals surface area contributed by atoms with Crippen LogP contribution in [0.4, 0.5) is 0 Å². The van der Waals surface area contributed by atoms with Crippen molar-refractivity contribution in [2.45, 2.75) is 57.3 Å². The van der Waals surface area contributed by atoms with Gasteiger partial charge in [-0.1, -0.05) is 19.1 Å². The normalized spacial score (nSPS) is 29.9. The lowest BCUT2D eigenvalue weighted by atomic mass is 9.48. The first-order chi connectivity index (χ1) is 14.5. The number of carboxylic acid groups (broad SMARTS) is 1. The third-order valence-corrected chi connectivity index (χ3v) is 7.71. The number of aromatic hydroxyl groups is 1. The number of carbonyl (C=O) groups is 1. The number of aliphatic carboxylic acids is 1. The molecule has 1 aromatic heterocycles. The molecule has 0 saturated heterocycles. The SMILES string of the molecule is CC/C(=C\C(=O)O)c1ccc(-c2ccc(O)c(C34CC5CC(CC(C5)C3)C4)c2)cn1. The van der Waals surface area contributed by atoms with Gasteiger partial charge >= 0.3 is 5.97 Å². The van der Waals surface area contributed by atoms with Crippen LogP contribution in [0.1, 0.15) is 63.1 Å². The third kappa shape index (κ3) is 3.32. The molecule has 156 valence electrons. The Hall–Kier alpha value is -2.62. The molecule has 4 bridgehead atoms. The lowest BCUT2D eigenvalue weighted by Crippen LogP contribution is -2.48. The van der Waals surface area contributed by atoms with Crippen LogP contribution < -0.4 is 0 Å². The molecule has 4 nitrogen and oxygen atoms in total. The van der Waals surface area contributed by atoms with Gasteiger partial charge in [-0.25, -0.2) is 4.79 Å². The van der Waals surface area contributed by atoms with Gasteiger partial charge < -0.3 is 10.2 Å². The maximum absolute atomic E-state index is 11.0. The fraction of sp³-hybridized carbons (Fsp3) is 0.462. The smallest absolute Gasteiger partial charge is 0.328 e. The Labute approximate surface area is 177 Å². The number of allylic oxidation sites excluding steroid dienone is 1. The fourth-order valence-electron chi connectivity index (χ4n) is 6.84. The molecule has 0 atom stereocenters. The molecule has 30 heavy (non-hydrogen) atoms. The van der Waals surface area contributed by atoms with E-state index in [9.17, 15) is 9.90 Å². The predicted octanol–water partition coefficient (Wildman–Crippen LogP) is 5.80. The molecule has 4 aliphatic rings. The van der Waals surface area contributed by atoms with Gasteiger partial charge in [-0.05, 0) is 97.5 Å². The molecule has 2 N–H and O–H groups in total. The maximum atomic E-state index is 11.0. The number of carboxylic acids is 1. The summed E-state index contributed by atoms with van der Waals surface area (Å²) in [6, 6.07) is 9.89. The van der Waals surface area contributed by atoms with Gasteiger partial charge in [0.1, 0.15) is 5.75 Å². The van der Waals surface area contributed by atoms with Crippen LogP contribution in [-0.2, 0) is 10.2 Å². The standard InChI is InChI=1S/C26H29NO3/c1-2-19(11-25(29)30)23-5-3-21(15-27-23)20-4-6-24(28)22(10-20)26-12-16-7-17(13-26)9-18(8-16)14-26/h3-6,10-11,15-18,28H,2,7-9,12-14H2,1H3,(H,29,30)/b19-11+. The molecule has 0 aliphatic heterocycles. The molecular formula is C26H29NO3. The summed E-state index contributed by atoms with van der Waals surface area (Å²) in [5.74, 6) is 1.97. The first-order valence-electron chi connectivity index (χ1n) is 11.2. The maximum Gasteiger partial charge on any atom is 0.328 e. The van der Waals surface area contributed by atoms with E-state index in [2.05, 4.69) is 11.1 Å². The second-order valence-electron chi connectivity index (χ2n) is 9.72. The van der Waals surface area contributed by atoms with E-state index in [4.69, 9.17) is 5.11 Å². The van der Waals surface area contributed by atoms with Crippen molar-refractivity contribution in [3.05, 3.63) is 53.9 Å². The molecule has 4 saturated carbocycles. The second-order valence-corrected chi connectivity index (χ2v) is 9.72. The number of aromatic nitrogens is 1. The van der Waals surface area contributed by atoms with Crippen molar-refractivity contribution in [3.8, 4) is 16.9 Å². The highest BCUT2D eigenvalue weighted by Crippen LogP contribution is 2.62. The summed E-state index contributed by atoms with van der Waals surface area (Å²) in [7, 11) is 0. The minimum Gasteiger partial charge on any atom is -0.508 e. The number of rotatable bonds is 5. The summed E-state index contributed by atoms with van der Waals surface area (Å²) in [6.45, 7) is 1.93. The molecule has 4 aliphatic carbocycles. The number of pyridine rings is 1. The van der Waals surface area contributed by atoms with E-state index in [1.54, 1.807) is 0 Å². The Morgan fingerprint density at radius 1 is 1.07 bits per heavy atom. The molecule has 0 amide bonds. The van der Waals surface area contributed by atoms with Crippen LogP contribution in [0.5, 0.6) is 5.75 Å². The topological polar surface area (TPSA) is 70.4 Å². The minimum absolute atomic E-state index is 0.141. The number of hydrogen-bond donors (Lipinski definition) is 2. The zero-order chi connectivity index (χ0) is 20.9. The fourth-order valence-corrected chi connectivity index (χ4v) is 6.84. The Morgan fingerprint density at radius 3 is 2.23 bits per heavy atom. The highest BCUT2D eigenvalue weighted by Gasteiger charge is 2.52. The van der Waals surface area contributed by atoms with Crippen LogP contribution >= 0.6 is 0 Å². The number of nitrogens with zero attached hydrogens (tertiary/aromatic N) is 1. The lowest BCUT2D eigenvalue weighted by Gasteiger charge is -2.57. The van der Waals surface area contributed by atoms with E-state index >= 15 is 0 Å². The van der Waals surface area contributed by atoms with Crippen molar-refractivity contribution < 1.29 is 15.0 Å². The quantitative estimate of drug-likeness (QED) is 0.619. The minimum atomic E-state index is -0.948. The first-order valence-corrected chi connectivity index (χ1v) is 11.2. The average molecular weight is 404 g/mol. The summed E-state index contributed by atoms with van der Waals surface area (Å²) < 4.78 is 0. The van der Waals surface area contributed by atoms with Crippen LogP contribution in [0.25, 0.3) is 16.7 Å². The van der Waals surface area contributed by atoms with E-state index in [-0.39, 0.29) is 5.41 Å². The zero-order valence-electron chi connectivity index (χ0n) is 17.5. The highest BCUT2D eigenvalue weighted by atomic mass is 16.4. The Balaban J connectivity index is 1.48. The van der Waals surface area contributed by atoms with Gasteiger partial charge in [-0.3, -0.25) is 4.98 Å². The first kappa shape index (κ1) is 19.3. The molecule has 0 spiro atoms. The highest BCUT2D eigenvalue weighted by molar-refractivity contribution is 5.89. The Morgan fingerprint density at radius 2 is 1.70 bits per heavy atom. The summed E-state index contributed by atoms with van der Waals surface area (Å²) in [5.41, 5.74) is 4.75. The number of phenols is 1.